The van der Waals surface area contributed by atoms with E-state index in [0.29, 0.717) is 4.32 Å². The molecule has 2 aliphatic heterocycles. The van der Waals surface area contributed by atoms with Crippen molar-refractivity contribution < 1.29 is 22.8 Å². The number of alkyl halides is 3. The predicted molar refractivity (Wildman–Crippen MR) is 98.0 cm³/mol. The smallest absolute Gasteiger partial charge is 0.358 e. The molecule has 0 N–H and O–H groups in total. The summed E-state index contributed by atoms with van der Waals surface area (Å²) in [4.78, 5) is 27.7. The van der Waals surface area contributed by atoms with E-state index in [1.165, 1.54) is 12.1 Å². The van der Waals surface area contributed by atoms with Gasteiger partial charge in [0, 0.05) is 19.5 Å². The summed E-state index contributed by atoms with van der Waals surface area (Å²) in [6.07, 6.45) is -1.38. The molecule has 0 bridgehead atoms. The van der Waals surface area contributed by atoms with E-state index < -0.39 is 28.8 Å². The lowest BCUT2D eigenvalue weighted by Crippen LogP contribution is -2.35. The van der Waals surface area contributed by atoms with Crippen LogP contribution in [0.3, 0.4) is 0 Å². The molecular weight excluding hydrogens is 385 g/mol. The van der Waals surface area contributed by atoms with Crippen molar-refractivity contribution in [3.05, 3.63) is 29.8 Å². The Bertz CT molecular complexity index is 733. The Kier molecular flexibility index (Phi) is 5.57. The van der Waals surface area contributed by atoms with E-state index in [2.05, 4.69) is 0 Å². The van der Waals surface area contributed by atoms with E-state index in [1.807, 2.05) is 4.90 Å². The Balaban J connectivity index is 1.74. The first-order valence-electron chi connectivity index (χ1n) is 8.27. The Labute approximate surface area is 158 Å². The summed E-state index contributed by atoms with van der Waals surface area (Å²) in [5.74, 6) is -1.02. The molecule has 1 aromatic rings. The minimum absolute atomic E-state index is 0.0539. The summed E-state index contributed by atoms with van der Waals surface area (Å²) in [5.41, 5.74) is -0.947. The number of anilines is 1. The van der Waals surface area contributed by atoms with Gasteiger partial charge in [-0.1, -0.05) is 30.0 Å². The number of nitrogens with zero attached hydrogens (tertiary/aromatic N) is 2. The number of hydrogen-bond acceptors (Lipinski definition) is 4. The second kappa shape index (κ2) is 7.56. The molecule has 26 heavy (non-hydrogen) atoms. The van der Waals surface area contributed by atoms with Gasteiger partial charge < -0.3 is 4.90 Å². The minimum Gasteiger partial charge on any atom is -0.358 e. The third kappa shape index (κ3) is 4.03. The number of imide groups is 1. The van der Waals surface area contributed by atoms with E-state index in [0.717, 1.165) is 61.1 Å². The highest BCUT2D eigenvalue weighted by molar-refractivity contribution is 8.23. The average Bonchev–Trinajstić information content (AvgIpc) is 2.88. The number of carbonyl (C=O) groups is 2. The Morgan fingerprint density at radius 1 is 1.15 bits per heavy atom. The van der Waals surface area contributed by atoms with Crippen LogP contribution in [0.4, 0.5) is 18.9 Å². The molecule has 1 aromatic carbocycles. The monoisotopic (exact) mass is 402 g/mol. The third-order valence-electron chi connectivity index (χ3n) is 4.39. The largest absolute Gasteiger partial charge is 0.416 e. The molecule has 2 saturated heterocycles. The predicted octanol–water partition coefficient (Wildman–Crippen LogP) is 3.84. The highest BCUT2D eigenvalue weighted by Crippen LogP contribution is 2.35. The lowest BCUT2D eigenvalue weighted by atomic mass is 10.1. The summed E-state index contributed by atoms with van der Waals surface area (Å²) in [6, 6.07) is 4.26. The van der Waals surface area contributed by atoms with Crippen LogP contribution in [0.15, 0.2) is 24.3 Å². The normalized spacial score (nSPS) is 21.4. The molecule has 2 aliphatic rings. The number of thioether (sulfide) groups is 1. The quantitative estimate of drug-likeness (QED) is 0.555. The van der Waals surface area contributed by atoms with Gasteiger partial charge in [0.05, 0.1) is 11.3 Å². The fraction of sp³-hybridized carbons (Fsp3) is 0.471. The molecule has 4 nitrogen and oxygen atoms in total. The Hall–Kier alpha value is -1.61. The zero-order valence-electron chi connectivity index (χ0n) is 13.8. The maximum atomic E-state index is 12.9. The van der Waals surface area contributed by atoms with Crippen LogP contribution in [0, 0.1) is 0 Å². The van der Waals surface area contributed by atoms with Gasteiger partial charge in [-0.2, -0.15) is 13.2 Å². The fourth-order valence-corrected chi connectivity index (χ4v) is 4.60. The van der Waals surface area contributed by atoms with E-state index in [4.69, 9.17) is 12.2 Å². The number of rotatable bonds is 2. The van der Waals surface area contributed by atoms with Crippen molar-refractivity contribution in [3.63, 3.8) is 0 Å². The molecule has 3 rings (SSSR count). The standard InChI is InChI=1S/C17H17F3N2O2S2/c18-17(19,20)11-5-4-6-12(9-11)22-14(23)10-13(15(22)24)26-16(25)21-7-2-1-3-8-21/h4-6,9,13H,1-3,7-8,10H2/t13-/m0/s1. The van der Waals surface area contributed by atoms with Gasteiger partial charge >= 0.3 is 6.18 Å². The van der Waals surface area contributed by atoms with Crippen molar-refractivity contribution in [1.82, 2.24) is 4.90 Å². The topological polar surface area (TPSA) is 40.6 Å². The zero-order chi connectivity index (χ0) is 18.9. The number of piperidine rings is 1. The molecule has 0 unspecified atom stereocenters. The summed E-state index contributed by atoms with van der Waals surface area (Å²) < 4.78 is 39.2. The zero-order valence-corrected chi connectivity index (χ0v) is 15.4. The van der Waals surface area contributed by atoms with Crippen LogP contribution in [0.5, 0.6) is 0 Å². The maximum absolute atomic E-state index is 12.9. The molecule has 2 heterocycles. The second-order valence-corrected chi connectivity index (χ2v) is 8.08. The molecule has 140 valence electrons. The highest BCUT2D eigenvalue weighted by atomic mass is 32.2. The van der Waals surface area contributed by atoms with Crippen molar-refractivity contribution in [2.75, 3.05) is 18.0 Å². The molecule has 2 fully saturated rings. The summed E-state index contributed by atoms with van der Waals surface area (Å²) in [5, 5.41) is -0.688. The van der Waals surface area contributed by atoms with Crippen molar-refractivity contribution in [2.24, 2.45) is 0 Å². The number of carbonyl (C=O) groups excluding carboxylic acids is 2. The SMILES string of the molecule is O=C1C[C@H](SC(=S)N2CCCCC2)C(=O)N1c1cccc(C(F)(F)F)c1. The summed E-state index contributed by atoms with van der Waals surface area (Å²) in [7, 11) is 0. The molecule has 0 saturated carbocycles. The molecule has 0 spiro atoms. The van der Waals surface area contributed by atoms with Crippen LogP contribution in [0.25, 0.3) is 0 Å². The maximum Gasteiger partial charge on any atom is 0.416 e. The van der Waals surface area contributed by atoms with E-state index >= 15 is 0 Å². The summed E-state index contributed by atoms with van der Waals surface area (Å²) >= 11 is 6.54. The molecular formula is C17H17F3N2O2S2. The van der Waals surface area contributed by atoms with Gasteiger partial charge in [-0.25, -0.2) is 4.90 Å². The number of amides is 2. The second-order valence-electron chi connectivity index (χ2n) is 6.24. The van der Waals surface area contributed by atoms with Crippen molar-refractivity contribution in [1.29, 1.82) is 0 Å². The van der Waals surface area contributed by atoms with Gasteiger partial charge in [0.2, 0.25) is 11.8 Å². The molecule has 0 aromatic heterocycles. The van der Waals surface area contributed by atoms with Crippen LogP contribution in [-0.2, 0) is 15.8 Å². The lowest BCUT2D eigenvalue weighted by molar-refractivity contribution is -0.137. The molecule has 2 amide bonds. The Morgan fingerprint density at radius 2 is 1.85 bits per heavy atom. The van der Waals surface area contributed by atoms with Gasteiger partial charge in [-0.3, -0.25) is 9.59 Å². The van der Waals surface area contributed by atoms with Gasteiger partial charge in [-0.05, 0) is 37.5 Å². The lowest BCUT2D eigenvalue weighted by Gasteiger charge is -2.29. The van der Waals surface area contributed by atoms with Crippen LogP contribution in [0.2, 0.25) is 0 Å². The van der Waals surface area contributed by atoms with Gasteiger partial charge in [0.25, 0.3) is 0 Å². The molecule has 0 radical (unpaired) electrons. The number of benzene rings is 1. The minimum atomic E-state index is -4.54. The number of hydrogen-bond donors (Lipinski definition) is 0. The van der Waals surface area contributed by atoms with Crippen LogP contribution in [0.1, 0.15) is 31.2 Å². The van der Waals surface area contributed by atoms with Crippen LogP contribution < -0.4 is 4.90 Å². The van der Waals surface area contributed by atoms with E-state index in [-0.39, 0.29) is 12.1 Å². The number of halogens is 3. The van der Waals surface area contributed by atoms with Gasteiger partial charge in [0.15, 0.2) is 0 Å². The van der Waals surface area contributed by atoms with Crippen LogP contribution in [-0.4, -0.2) is 39.4 Å². The first kappa shape index (κ1) is 19.2. The molecule has 0 aliphatic carbocycles. The van der Waals surface area contributed by atoms with Crippen molar-refractivity contribution in [2.45, 2.75) is 37.1 Å². The van der Waals surface area contributed by atoms with Crippen molar-refractivity contribution >= 4 is 45.8 Å². The third-order valence-corrected chi connectivity index (χ3v) is 6.05. The first-order valence-corrected chi connectivity index (χ1v) is 9.56. The first-order chi connectivity index (χ1) is 12.3. The average molecular weight is 402 g/mol. The fourth-order valence-electron chi connectivity index (χ4n) is 3.06. The molecule has 9 heteroatoms. The van der Waals surface area contributed by atoms with Crippen LogP contribution >= 0.6 is 24.0 Å². The van der Waals surface area contributed by atoms with Gasteiger partial charge in [-0.15, -0.1) is 0 Å². The number of thiocarbonyl (C=S) groups is 1. The highest BCUT2D eigenvalue weighted by Gasteiger charge is 2.42. The van der Waals surface area contributed by atoms with Gasteiger partial charge in [0.1, 0.15) is 9.57 Å². The van der Waals surface area contributed by atoms with Crippen molar-refractivity contribution in [3.8, 4) is 0 Å². The number of likely N-dealkylation sites (tertiary alicyclic amines) is 1. The summed E-state index contributed by atoms with van der Waals surface area (Å²) in [6.45, 7) is 1.66. The molecule has 1 atom stereocenters. The van der Waals surface area contributed by atoms with E-state index in [1.54, 1.807) is 0 Å². The Morgan fingerprint density at radius 3 is 2.50 bits per heavy atom. The van der Waals surface area contributed by atoms with E-state index in [9.17, 15) is 22.8 Å².